The first-order valence-electron chi connectivity index (χ1n) is 21.8. The molecule has 2 heteroatoms. The SMILES string of the molecule is CC(C)(C)c1ccc(N(c2ccc3c(c2)C2(c4ccccc4-c4ccccc42)c2ccccc2-3)c2cccc3c2-c2ccccc2C32c3ccccc3Oc3ccccc32)cc1. The lowest BCUT2D eigenvalue weighted by Gasteiger charge is -2.39. The van der Waals surface area contributed by atoms with Crippen molar-refractivity contribution in [2.75, 3.05) is 4.90 Å². The van der Waals surface area contributed by atoms with E-state index in [1.807, 2.05) is 0 Å². The molecule has 2 nitrogen and oxygen atoms in total. The molecule has 9 aromatic rings. The smallest absolute Gasteiger partial charge is 0.132 e. The number of benzene rings is 9. The maximum Gasteiger partial charge on any atom is 0.132 e. The summed E-state index contributed by atoms with van der Waals surface area (Å²) in [5.74, 6) is 1.80. The van der Waals surface area contributed by atoms with Crippen LogP contribution in [0.4, 0.5) is 17.1 Å². The van der Waals surface area contributed by atoms with E-state index in [0.717, 1.165) is 28.6 Å². The zero-order valence-electron chi connectivity index (χ0n) is 35.0. The van der Waals surface area contributed by atoms with Gasteiger partial charge in [0.15, 0.2) is 0 Å². The van der Waals surface area contributed by atoms with Crippen LogP contribution in [0.25, 0.3) is 33.4 Å². The maximum absolute atomic E-state index is 6.70. The van der Waals surface area contributed by atoms with Gasteiger partial charge >= 0.3 is 0 Å². The molecule has 3 aliphatic carbocycles. The molecule has 9 aromatic carbocycles. The second kappa shape index (κ2) is 12.6. The van der Waals surface area contributed by atoms with Crippen molar-refractivity contribution in [2.24, 2.45) is 0 Å². The summed E-state index contributed by atoms with van der Waals surface area (Å²) in [5, 5.41) is 0. The fraction of sp³-hybridized carbons (Fsp3) is 0.100. The highest BCUT2D eigenvalue weighted by molar-refractivity contribution is 6.00. The number of rotatable bonds is 3. The molecule has 0 amide bonds. The third-order valence-corrected chi connectivity index (χ3v) is 14.3. The van der Waals surface area contributed by atoms with Gasteiger partial charge in [0.05, 0.1) is 16.5 Å². The number of nitrogens with zero attached hydrogens (tertiary/aromatic N) is 1. The van der Waals surface area contributed by atoms with Crippen LogP contribution in [-0.2, 0) is 16.2 Å². The number of fused-ring (bicyclic) bond motifs is 19. The van der Waals surface area contributed by atoms with Crippen molar-refractivity contribution >= 4 is 17.1 Å². The molecule has 0 saturated heterocycles. The van der Waals surface area contributed by atoms with E-state index in [9.17, 15) is 0 Å². The average Bonchev–Trinajstić information content (AvgIpc) is 3.90. The van der Waals surface area contributed by atoms with E-state index in [1.54, 1.807) is 0 Å². The average molecular weight is 794 g/mol. The highest BCUT2D eigenvalue weighted by atomic mass is 16.5. The van der Waals surface area contributed by atoms with Crippen molar-refractivity contribution in [3.05, 3.63) is 256 Å². The Balaban J connectivity index is 1.11. The summed E-state index contributed by atoms with van der Waals surface area (Å²) in [6, 6.07) is 77.1. The van der Waals surface area contributed by atoms with Gasteiger partial charge in [-0.25, -0.2) is 0 Å². The molecule has 294 valence electrons. The molecule has 2 spiro atoms. The molecule has 1 heterocycles. The van der Waals surface area contributed by atoms with Crippen LogP contribution in [-0.4, -0.2) is 0 Å². The Kier molecular flexibility index (Phi) is 7.16. The van der Waals surface area contributed by atoms with Gasteiger partial charge in [0.25, 0.3) is 0 Å². The van der Waals surface area contributed by atoms with E-state index in [1.165, 1.54) is 83.5 Å². The van der Waals surface area contributed by atoms with Gasteiger partial charge in [0.2, 0.25) is 0 Å². The Morgan fingerprint density at radius 1 is 0.355 bits per heavy atom. The molecule has 0 unspecified atom stereocenters. The Hall–Kier alpha value is -7.42. The topological polar surface area (TPSA) is 12.5 Å². The van der Waals surface area contributed by atoms with Gasteiger partial charge < -0.3 is 9.64 Å². The van der Waals surface area contributed by atoms with Crippen molar-refractivity contribution in [1.82, 2.24) is 0 Å². The summed E-state index contributed by atoms with van der Waals surface area (Å²) in [4.78, 5) is 2.53. The van der Waals surface area contributed by atoms with E-state index in [2.05, 4.69) is 232 Å². The molecule has 0 saturated carbocycles. The van der Waals surface area contributed by atoms with Crippen LogP contribution in [0.2, 0.25) is 0 Å². The molecular weight excluding hydrogens is 751 g/mol. The fourth-order valence-electron chi connectivity index (χ4n) is 11.8. The zero-order chi connectivity index (χ0) is 41.4. The number of para-hydroxylation sites is 2. The minimum Gasteiger partial charge on any atom is -0.457 e. The van der Waals surface area contributed by atoms with E-state index in [0.29, 0.717) is 0 Å². The summed E-state index contributed by atoms with van der Waals surface area (Å²) >= 11 is 0. The molecule has 62 heavy (non-hydrogen) atoms. The van der Waals surface area contributed by atoms with Crippen molar-refractivity contribution in [1.29, 1.82) is 0 Å². The highest BCUT2D eigenvalue weighted by Gasteiger charge is 2.53. The summed E-state index contributed by atoms with van der Waals surface area (Å²) in [6.07, 6.45) is 0. The van der Waals surface area contributed by atoms with Crippen molar-refractivity contribution in [2.45, 2.75) is 37.0 Å². The quantitative estimate of drug-likeness (QED) is 0.177. The number of ether oxygens (including phenoxy) is 1. The zero-order valence-corrected chi connectivity index (χ0v) is 35.0. The Morgan fingerprint density at radius 3 is 1.32 bits per heavy atom. The van der Waals surface area contributed by atoms with Crippen LogP contribution in [0.3, 0.4) is 0 Å². The molecule has 4 aliphatic rings. The monoisotopic (exact) mass is 793 g/mol. The minimum absolute atomic E-state index is 0.0154. The van der Waals surface area contributed by atoms with Gasteiger partial charge in [-0.2, -0.15) is 0 Å². The summed E-state index contributed by atoms with van der Waals surface area (Å²) in [7, 11) is 0. The van der Waals surface area contributed by atoms with Gasteiger partial charge in [-0.3, -0.25) is 0 Å². The van der Waals surface area contributed by atoms with E-state index in [-0.39, 0.29) is 5.41 Å². The Morgan fingerprint density at radius 2 is 0.774 bits per heavy atom. The van der Waals surface area contributed by atoms with Crippen LogP contribution in [0.15, 0.2) is 206 Å². The van der Waals surface area contributed by atoms with Gasteiger partial charge in [-0.05, 0) is 115 Å². The number of hydrogen-bond donors (Lipinski definition) is 0. The van der Waals surface area contributed by atoms with Gasteiger partial charge in [-0.1, -0.05) is 185 Å². The van der Waals surface area contributed by atoms with Gasteiger partial charge in [-0.15, -0.1) is 0 Å². The van der Waals surface area contributed by atoms with Crippen LogP contribution in [0.1, 0.15) is 70.8 Å². The molecule has 0 N–H and O–H groups in total. The largest absolute Gasteiger partial charge is 0.457 e. The molecule has 1 aliphatic heterocycles. The lowest BCUT2D eigenvalue weighted by molar-refractivity contribution is 0.436. The first-order valence-corrected chi connectivity index (χ1v) is 21.8. The van der Waals surface area contributed by atoms with Gasteiger partial charge in [0, 0.05) is 28.1 Å². The standard InChI is InChI=1S/C60H43NO/c1-58(2,3)38-31-33-39(34-32-38)61(40-35-36-44-43-19-6-10-23-48(43)59(53(44)37-40)46-21-8-4-17-41(46)42-18-5-9-22-47(42)59)54-28-16-27-52-57(54)45-20-7-11-24-49(45)60(52)50-25-12-14-29-55(50)62-56-30-15-13-26-51(56)60/h4-37H,1-3H3. The van der Waals surface area contributed by atoms with Gasteiger partial charge in [0.1, 0.15) is 11.5 Å². The second-order valence-corrected chi connectivity index (χ2v) is 18.3. The third kappa shape index (κ3) is 4.44. The number of anilines is 3. The maximum atomic E-state index is 6.70. The Labute approximate surface area is 363 Å². The molecule has 0 bridgehead atoms. The third-order valence-electron chi connectivity index (χ3n) is 14.3. The lowest BCUT2D eigenvalue weighted by Crippen LogP contribution is -2.32. The second-order valence-electron chi connectivity index (χ2n) is 18.3. The molecule has 0 fully saturated rings. The number of hydrogen-bond acceptors (Lipinski definition) is 2. The fourth-order valence-corrected chi connectivity index (χ4v) is 11.8. The molecule has 13 rings (SSSR count). The molecule has 0 atom stereocenters. The molecular formula is C60H43NO. The molecule has 0 aromatic heterocycles. The van der Waals surface area contributed by atoms with Crippen molar-refractivity contribution in [3.8, 4) is 44.9 Å². The summed E-state index contributed by atoms with van der Waals surface area (Å²) in [5.41, 5.74) is 21.6. The first kappa shape index (κ1) is 35.3. The van der Waals surface area contributed by atoms with Crippen LogP contribution in [0.5, 0.6) is 11.5 Å². The van der Waals surface area contributed by atoms with E-state index >= 15 is 0 Å². The minimum atomic E-state index is -0.573. The van der Waals surface area contributed by atoms with Crippen molar-refractivity contribution in [3.63, 3.8) is 0 Å². The first-order chi connectivity index (χ1) is 30.4. The van der Waals surface area contributed by atoms with E-state index < -0.39 is 10.8 Å². The summed E-state index contributed by atoms with van der Waals surface area (Å²) in [6.45, 7) is 6.87. The summed E-state index contributed by atoms with van der Waals surface area (Å²) < 4.78 is 6.70. The van der Waals surface area contributed by atoms with Crippen LogP contribution >= 0.6 is 0 Å². The predicted molar refractivity (Wildman–Crippen MR) is 254 cm³/mol. The highest BCUT2D eigenvalue weighted by Crippen LogP contribution is 2.66. The predicted octanol–water partition coefficient (Wildman–Crippen LogP) is 15.3. The van der Waals surface area contributed by atoms with E-state index in [4.69, 9.17) is 4.74 Å². The van der Waals surface area contributed by atoms with Crippen LogP contribution in [0, 0.1) is 0 Å². The lowest BCUT2D eigenvalue weighted by atomic mass is 9.66. The van der Waals surface area contributed by atoms with Crippen LogP contribution < -0.4 is 9.64 Å². The van der Waals surface area contributed by atoms with Crippen molar-refractivity contribution < 1.29 is 4.74 Å². The molecule has 0 radical (unpaired) electrons. The Bertz CT molecular complexity index is 3220. The normalized spacial score (nSPS) is 14.8.